The van der Waals surface area contributed by atoms with Crippen LogP contribution in [0.1, 0.15) is 84.6 Å². The van der Waals surface area contributed by atoms with Gasteiger partial charge in [-0.1, -0.05) is 39.7 Å². The molecule has 0 aromatic carbocycles. The number of hydrogen-bond donors (Lipinski definition) is 1. The molecule has 0 atom stereocenters. The maximum atomic E-state index is 12.4. The number of unbranched alkanes of at least 4 members (excludes halogenated alkanes) is 3. The second-order valence-electron chi connectivity index (χ2n) is 11.3. The van der Waals surface area contributed by atoms with Gasteiger partial charge in [0.1, 0.15) is 5.69 Å². The zero-order chi connectivity index (χ0) is 24.2. The van der Waals surface area contributed by atoms with Gasteiger partial charge < -0.3 is 19.1 Å². The van der Waals surface area contributed by atoms with Crippen molar-refractivity contribution in [2.45, 2.75) is 103 Å². The van der Waals surface area contributed by atoms with Crippen LogP contribution in [0.4, 0.5) is 0 Å². The molecule has 0 aliphatic carbocycles. The topological polar surface area (TPSA) is 69.7 Å². The van der Waals surface area contributed by atoms with Crippen LogP contribution in [-0.4, -0.2) is 50.7 Å². The van der Waals surface area contributed by atoms with E-state index in [0.717, 1.165) is 37.8 Å². The van der Waals surface area contributed by atoms with Crippen molar-refractivity contribution in [3.8, 4) is 0 Å². The summed E-state index contributed by atoms with van der Waals surface area (Å²) >= 11 is 0. The summed E-state index contributed by atoms with van der Waals surface area (Å²) in [5, 5.41) is 3.22. The zero-order valence-electron chi connectivity index (χ0n) is 21.6. The van der Waals surface area contributed by atoms with Crippen molar-refractivity contribution >= 4 is 26.8 Å². The largest absolute Gasteiger partial charge is 0.496 e. The van der Waals surface area contributed by atoms with Crippen LogP contribution >= 0.6 is 0 Å². The molecule has 1 aliphatic rings. The highest BCUT2D eigenvalue weighted by molar-refractivity contribution is 6.74. The summed E-state index contributed by atoms with van der Waals surface area (Å²) in [5.74, 6) is -0.147. The maximum Gasteiger partial charge on any atom is 0.496 e. The monoisotopic (exact) mass is 462 g/mol. The van der Waals surface area contributed by atoms with E-state index >= 15 is 0 Å². The number of pyridine rings is 1. The van der Waals surface area contributed by atoms with E-state index in [-0.39, 0.29) is 10.9 Å². The highest BCUT2D eigenvalue weighted by Gasteiger charge is 2.51. The van der Waals surface area contributed by atoms with Crippen molar-refractivity contribution in [2.75, 3.05) is 13.2 Å². The van der Waals surface area contributed by atoms with Crippen LogP contribution < -0.4 is 10.8 Å². The van der Waals surface area contributed by atoms with Gasteiger partial charge in [0.25, 0.3) is 5.91 Å². The molecule has 0 spiro atoms. The van der Waals surface area contributed by atoms with Crippen LogP contribution in [0, 0.1) is 0 Å². The predicted molar refractivity (Wildman–Crippen MR) is 134 cm³/mol. The normalized spacial score (nSPS) is 18.1. The third-order valence-corrected chi connectivity index (χ3v) is 11.7. The fourth-order valence-electron chi connectivity index (χ4n) is 3.08. The zero-order valence-corrected chi connectivity index (χ0v) is 22.6. The van der Waals surface area contributed by atoms with E-state index in [1.54, 1.807) is 12.3 Å². The van der Waals surface area contributed by atoms with Gasteiger partial charge in [0.15, 0.2) is 8.32 Å². The van der Waals surface area contributed by atoms with E-state index in [4.69, 9.17) is 13.7 Å². The number of nitrogens with zero attached hydrogens (tertiary/aromatic N) is 1. The summed E-state index contributed by atoms with van der Waals surface area (Å²) in [7, 11) is -2.11. The molecule has 1 amide bonds. The van der Waals surface area contributed by atoms with Gasteiger partial charge in [-0.15, -0.1) is 0 Å². The van der Waals surface area contributed by atoms with Crippen molar-refractivity contribution in [1.82, 2.24) is 10.3 Å². The summed E-state index contributed by atoms with van der Waals surface area (Å²) in [6, 6.07) is 3.58. The molecule has 0 radical (unpaired) electrons. The first-order valence-corrected chi connectivity index (χ1v) is 14.8. The summed E-state index contributed by atoms with van der Waals surface area (Å²) < 4.78 is 18.3. The van der Waals surface area contributed by atoms with E-state index < -0.39 is 26.6 Å². The minimum atomic E-state index is -1.64. The average molecular weight is 463 g/mol. The Morgan fingerprint density at radius 2 is 1.66 bits per heavy atom. The number of rotatable bonds is 10. The Morgan fingerprint density at radius 1 is 1.06 bits per heavy atom. The number of nitrogens with one attached hydrogen (secondary N) is 1. The summed E-state index contributed by atoms with van der Waals surface area (Å²) in [4.78, 5) is 16.7. The molecule has 8 heteroatoms. The molecule has 1 aliphatic heterocycles. The number of carbonyl (C=O) groups is 1. The quantitative estimate of drug-likeness (QED) is 0.404. The summed E-state index contributed by atoms with van der Waals surface area (Å²) in [6.45, 7) is 20.9. The lowest BCUT2D eigenvalue weighted by molar-refractivity contribution is 0.00578. The molecule has 180 valence electrons. The van der Waals surface area contributed by atoms with Crippen LogP contribution in [0.15, 0.2) is 18.3 Å². The first kappa shape index (κ1) is 27.0. The first-order valence-electron chi connectivity index (χ1n) is 11.9. The molecule has 1 aromatic rings. The smallest absolute Gasteiger partial charge is 0.417 e. The van der Waals surface area contributed by atoms with Gasteiger partial charge in [0.05, 0.1) is 11.2 Å². The lowest BCUT2D eigenvalue weighted by Gasteiger charge is -2.36. The van der Waals surface area contributed by atoms with E-state index in [1.807, 2.05) is 33.8 Å². The Kier molecular flexibility index (Phi) is 8.76. The summed E-state index contributed by atoms with van der Waals surface area (Å²) in [6.07, 6.45) is 5.89. The lowest BCUT2D eigenvalue weighted by Crippen LogP contribution is -2.41. The third kappa shape index (κ3) is 6.89. The van der Waals surface area contributed by atoms with Crippen LogP contribution in [0.2, 0.25) is 18.1 Å². The Bertz CT molecular complexity index is 744. The third-order valence-electron chi connectivity index (χ3n) is 7.17. The number of carbonyl (C=O) groups excluding carboxylic acids is 1. The second kappa shape index (κ2) is 10.4. The van der Waals surface area contributed by atoms with Crippen molar-refractivity contribution in [3.63, 3.8) is 0 Å². The Hall–Kier alpha value is -1.22. The van der Waals surface area contributed by atoms with Crippen molar-refractivity contribution in [3.05, 3.63) is 24.0 Å². The van der Waals surface area contributed by atoms with E-state index in [2.05, 4.69) is 44.2 Å². The van der Waals surface area contributed by atoms with Crippen molar-refractivity contribution in [2.24, 2.45) is 0 Å². The lowest BCUT2D eigenvalue weighted by atomic mass is 9.80. The van der Waals surface area contributed by atoms with Gasteiger partial charge in [-0.25, -0.2) is 0 Å². The maximum absolute atomic E-state index is 12.4. The molecule has 0 bridgehead atoms. The Balaban J connectivity index is 1.66. The van der Waals surface area contributed by atoms with Crippen LogP contribution in [0.25, 0.3) is 0 Å². The van der Waals surface area contributed by atoms with Crippen molar-refractivity contribution in [1.29, 1.82) is 0 Å². The SMILES string of the molecule is CC1(C)OB(c2ccc(C(=O)NCCCCCCO[Si](C)(C)C(C)(C)C)nc2)OC1(C)C. The summed E-state index contributed by atoms with van der Waals surface area (Å²) in [5.41, 5.74) is 0.433. The highest BCUT2D eigenvalue weighted by atomic mass is 28.4. The van der Waals surface area contributed by atoms with Gasteiger partial charge in [-0.3, -0.25) is 9.78 Å². The minimum Gasteiger partial charge on any atom is -0.417 e. The molecule has 0 saturated carbocycles. The molecule has 6 nitrogen and oxygen atoms in total. The number of hydrogen-bond acceptors (Lipinski definition) is 5. The molecule has 0 unspecified atom stereocenters. The molecular weight excluding hydrogens is 419 g/mol. The molecule has 1 N–H and O–H groups in total. The fourth-order valence-corrected chi connectivity index (χ4v) is 4.16. The highest BCUT2D eigenvalue weighted by Crippen LogP contribution is 2.37. The van der Waals surface area contributed by atoms with Gasteiger partial charge in [0.2, 0.25) is 0 Å². The van der Waals surface area contributed by atoms with Crippen LogP contribution in [0.3, 0.4) is 0 Å². The van der Waals surface area contributed by atoms with Gasteiger partial charge in [-0.2, -0.15) is 0 Å². The second-order valence-corrected chi connectivity index (χ2v) is 16.2. The molecule has 1 saturated heterocycles. The van der Waals surface area contributed by atoms with Crippen LogP contribution in [-0.2, 0) is 13.7 Å². The molecule has 2 rings (SSSR count). The predicted octanol–water partition coefficient (Wildman–Crippen LogP) is 4.69. The fraction of sp³-hybridized carbons (Fsp3) is 0.750. The number of amides is 1. The minimum absolute atomic E-state index is 0.147. The van der Waals surface area contributed by atoms with E-state index in [9.17, 15) is 4.79 Å². The Labute approximate surface area is 196 Å². The van der Waals surface area contributed by atoms with E-state index in [0.29, 0.717) is 12.2 Å². The number of aromatic nitrogens is 1. The van der Waals surface area contributed by atoms with Gasteiger partial charge in [-0.05, 0) is 64.7 Å². The first-order chi connectivity index (χ1) is 14.7. The van der Waals surface area contributed by atoms with Gasteiger partial charge in [0, 0.05) is 24.8 Å². The molecule has 2 heterocycles. The van der Waals surface area contributed by atoms with Crippen LogP contribution in [0.5, 0.6) is 0 Å². The molecule has 1 fully saturated rings. The van der Waals surface area contributed by atoms with Gasteiger partial charge >= 0.3 is 7.12 Å². The molecule has 32 heavy (non-hydrogen) atoms. The molecule has 1 aromatic heterocycles. The molecular formula is C24H43BN2O4Si. The Morgan fingerprint density at radius 3 is 2.19 bits per heavy atom. The van der Waals surface area contributed by atoms with E-state index in [1.165, 1.54) is 0 Å². The van der Waals surface area contributed by atoms with Crippen molar-refractivity contribution < 1.29 is 18.5 Å². The standard InChI is InChI=1S/C24H43BN2O4Si/c1-22(2,3)32(8,9)29-17-13-11-10-12-16-26-21(28)20-15-14-19(18-27-20)25-30-23(4,5)24(6,7)31-25/h14-15,18H,10-13,16-17H2,1-9H3,(H,26,28). The average Bonchev–Trinajstić information content (AvgIpc) is 2.90.